The van der Waals surface area contributed by atoms with Crippen molar-refractivity contribution in [1.82, 2.24) is 0 Å². The van der Waals surface area contributed by atoms with Crippen LogP contribution in [0.2, 0.25) is 0 Å². The summed E-state index contributed by atoms with van der Waals surface area (Å²) in [6.45, 7) is -0.191. The molecule has 0 heterocycles. The second-order valence-corrected chi connectivity index (χ2v) is 3.26. The highest BCUT2D eigenvalue weighted by Crippen LogP contribution is 2.17. The molecule has 0 unspecified atom stereocenters. The lowest BCUT2D eigenvalue weighted by Gasteiger charge is -2.03. The van der Waals surface area contributed by atoms with Gasteiger partial charge in [-0.1, -0.05) is 12.1 Å². The maximum atomic E-state index is 11.1. The van der Waals surface area contributed by atoms with E-state index in [-0.39, 0.29) is 18.0 Å². The number of nitrogens with zero attached hydrogens (tertiary/aromatic N) is 1. The predicted molar refractivity (Wildman–Crippen MR) is 64.4 cm³/mol. The first-order chi connectivity index (χ1) is 8.99. The van der Waals surface area contributed by atoms with E-state index in [0.717, 1.165) is 5.98 Å². The van der Waals surface area contributed by atoms with E-state index in [1.807, 2.05) is 0 Å². The van der Waals surface area contributed by atoms with Gasteiger partial charge in [0.25, 0.3) is 5.69 Å². The Hall–Kier alpha value is -2.39. The number of ether oxygens (including phenoxy) is 2. The third-order valence-corrected chi connectivity index (χ3v) is 1.85. The van der Waals surface area contributed by atoms with E-state index in [1.165, 1.54) is 30.3 Å². The van der Waals surface area contributed by atoms with E-state index in [4.69, 9.17) is 14.8 Å². The summed E-state index contributed by atoms with van der Waals surface area (Å²) in [6, 6.07) is 4.88. The summed E-state index contributed by atoms with van der Waals surface area (Å²) < 4.78 is 9.28. The Balaban J connectivity index is 2.42. The van der Waals surface area contributed by atoms with Crippen LogP contribution in [0.15, 0.2) is 36.3 Å². The quantitative estimate of drug-likeness (QED) is 0.264. The van der Waals surface area contributed by atoms with Gasteiger partial charge >= 0.3 is 13.3 Å². The summed E-state index contributed by atoms with van der Waals surface area (Å²) in [5.74, 6) is 1.11. The third-order valence-electron chi connectivity index (χ3n) is 1.85. The van der Waals surface area contributed by atoms with Gasteiger partial charge in [-0.05, 0) is 12.1 Å². The molecule has 9 heteroatoms. The highest BCUT2D eigenvalue weighted by molar-refractivity contribution is 6.47. The van der Waals surface area contributed by atoms with E-state index in [0.29, 0.717) is 0 Å². The molecule has 0 fully saturated rings. The predicted octanol–water partition coefficient (Wildman–Crippen LogP) is 0.678. The van der Waals surface area contributed by atoms with Gasteiger partial charge < -0.3 is 19.5 Å². The number of rotatable bonds is 5. The first-order valence-electron chi connectivity index (χ1n) is 5.11. The summed E-state index contributed by atoms with van der Waals surface area (Å²) in [5.41, 5.74) is -0.124. The molecule has 0 saturated carbocycles. The molecule has 1 aromatic carbocycles. The van der Waals surface area contributed by atoms with E-state index in [9.17, 15) is 14.9 Å². The number of nitro groups is 1. The Morgan fingerprint density at radius 3 is 2.53 bits per heavy atom. The second kappa shape index (κ2) is 7.14. The lowest BCUT2D eigenvalue weighted by atomic mass is 9.92. The molecule has 0 aliphatic carbocycles. The van der Waals surface area contributed by atoms with Crippen LogP contribution in [0.4, 0.5) is 10.5 Å². The Bertz CT molecular complexity index is 471. The lowest BCUT2D eigenvalue weighted by Crippen LogP contribution is -2.11. The van der Waals surface area contributed by atoms with E-state index in [2.05, 4.69) is 4.74 Å². The second-order valence-electron chi connectivity index (χ2n) is 3.26. The molecule has 8 nitrogen and oxygen atoms in total. The van der Waals surface area contributed by atoms with Crippen molar-refractivity contribution in [3.05, 3.63) is 46.4 Å². The first-order valence-corrected chi connectivity index (χ1v) is 5.11. The van der Waals surface area contributed by atoms with Crippen LogP contribution in [0.3, 0.4) is 0 Å². The topological polar surface area (TPSA) is 119 Å². The van der Waals surface area contributed by atoms with Crippen molar-refractivity contribution in [2.75, 3.05) is 6.61 Å². The van der Waals surface area contributed by atoms with Crippen LogP contribution >= 0.6 is 0 Å². The maximum absolute atomic E-state index is 11.1. The van der Waals surface area contributed by atoms with E-state index in [1.54, 1.807) is 0 Å². The van der Waals surface area contributed by atoms with Crippen LogP contribution in [0.25, 0.3) is 0 Å². The van der Waals surface area contributed by atoms with Crippen molar-refractivity contribution >= 4 is 19.0 Å². The average Bonchev–Trinajstić information content (AvgIpc) is 2.35. The van der Waals surface area contributed by atoms with Crippen molar-refractivity contribution in [3.63, 3.8) is 0 Å². The average molecular weight is 267 g/mol. The van der Waals surface area contributed by atoms with Gasteiger partial charge in [0.2, 0.25) is 0 Å². The van der Waals surface area contributed by atoms with Gasteiger partial charge in [-0.3, -0.25) is 10.1 Å². The third kappa shape index (κ3) is 5.66. The number of non-ortho nitro benzene ring substituents is 1. The molecule has 0 aromatic heterocycles. The van der Waals surface area contributed by atoms with Crippen LogP contribution in [0.5, 0.6) is 5.75 Å². The van der Waals surface area contributed by atoms with Crippen molar-refractivity contribution in [1.29, 1.82) is 0 Å². The van der Waals surface area contributed by atoms with Crippen LogP contribution in [0, 0.1) is 10.1 Å². The van der Waals surface area contributed by atoms with E-state index < -0.39 is 18.2 Å². The fourth-order valence-corrected chi connectivity index (χ4v) is 1.06. The zero-order chi connectivity index (χ0) is 14.3. The molecule has 0 atom stereocenters. The molecule has 0 amide bonds. The summed E-state index contributed by atoms with van der Waals surface area (Å²) in [4.78, 5) is 21.0. The van der Waals surface area contributed by atoms with Crippen molar-refractivity contribution in [2.24, 2.45) is 0 Å². The Kier molecular flexibility index (Phi) is 5.51. The van der Waals surface area contributed by atoms with Crippen LogP contribution in [0.1, 0.15) is 0 Å². The van der Waals surface area contributed by atoms with E-state index >= 15 is 0 Å². The standard InChI is InChI=1S/C10H10BNO7/c13-10(18-7-1-6-11(14)15)19-9-4-2-8(3-5-9)12(16)17/h1-6,14-15H,7H2/b6-1+. The number of hydrogen-bond donors (Lipinski definition) is 2. The van der Waals surface area contributed by atoms with Gasteiger partial charge in [-0.15, -0.1) is 0 Å². The minimum Gasteiger partial charge on any atom is -0.430 e. The summed E-state index contributed by atoms with van der Waals surface area (Å²) in [7, 11) is -1.62. The molecule has 0 aliphatic heterocycles. The van der Waals surface area contributed by atoms with Crippen molar-refractivity contribution in [3.8, 4) is 5.75 Å². The smallest absolute Gasteiger partial charge is 0.430 e. The highest BCUT2D eigenvalue weighted by atomic mass is 16.7. The Morgan fingerprint density at radius 2 is 2.00 bits per heavy atom. The number of carbonyl (C=O) groups excluding carboxylic acids is 1. The molecule has 0 saturated heterocycles. The zero-order valence-electron chi connectivity index (χ0n) is 9.63. The van der Waals surface area contributed by atoms with Gasteiger partial charge in [0.05, 0.1) is 4.92 Å². The van der Waals surface area contributed by atoms with Gasteiger partial charge in [0.15, 0.2) is 0 Å². The molecule has 19 heavy (non-hydrogen) atoms. The SMILES string of the molecule is O=C(OC/C=C/B(O)O)Oc1ccc([N+](=O)[O-])cc1. The van der Waals surface area contributed by atoms with Crippen molar-refractivity contribution < 1.29 is 29.2 Å². The molecule has 2 N–H and O–H groups in total. The van der Waals surface area contributed by atoms with Crippen LogP contribution in [-0.2, 0) is 4.74 Å². The fourth-order valence-electron chi connectivity index (χ4n) is 1.06. The maximum Gasteiger partial charge on any atom is 0.514 e. The van der Waals surface area contributed by atoms with Crippen molar-refractivity contribution in [2.45, 2.75) is 0 Å². The van der Waals surface area contributed by atoms with Crippen LogP contribution in [-0.4, -0.2) is 34.9 Å². The number of hydrogen-bond acceptors (Lipinski definition) is 7. The molecule has 0 aliphatic rings. The lowest BCUT2D eigenvalue weighted by molar-refractivity contribution is -0.384. The molecule has 100 valence electrons. The van der Waals surface area contributed by atoms with Crippen LogP contribution < -0.4 is 4.74 Å². The molecule has 1 aromatic rings. The molecule has 0 bridgehead atoms. The van der Waals surface area contributed by atoms with Gasteiger partial charge in [-0.2, -0.15) is 0 Å². The van der Waals surface area contributed by atoms with Gasteiger partial charge in [0.1, 0.15) is 12.4 Å². The molecule has 1 rings (SSSR count). The molecule has 0 radical (unpaired) electrons. The fraction of sp³-hybridized carbons (Fsp3) is 0.100. The number of benzene rings is 1. The zero-order valence-corrected chi connectivity index (χ0v) is 9.63. The molecular weight excluding hydrogens is 257 g/mol. The minimum absolute atomic E-state index is 0.0989. The number of carbonyl (C=O) groups is 1. The minimum atomic E-state index is -1.62. The van der Waals surface area contributed by atoms with Gasteiger partial charge in [0, 0.05) is 12.1 Å². The Morgan fingerprint density at radius 1 is 1.37 bits per heavy atom. The monoisotopic (exact) mass is 267 g/mol. The Labute approximate surface area is 108 Å². The highest BCUT2D eigenvalue weighted by Gasteiger charge is 2.08. The first kappa shape index (κ1) is 14.7. The number of nitro benzene ring substituents is 1. The summed E-state index contributed by atoms with van der Waals surface area (Å²) in [5, 5.41) is 27.3. The molecule has 0 spiro atoms. The van der Waals surface area contributed by atoms with Gasteiger partial charge in [-0.25, -0.2) is 4.79 Å². The molecular formula is C10H10BNO7. The largest absolute Gasteiger partial charge is 0.514 e. The summed E-state index contributed by atoms with van der Waals surface area (Å²) in [6.07, 6.45) is 0.216. The normalized spacial score (nSPS) is 10.2. The summed E-state index contributed by atoms with van der Waals surface area (Å²) >= 11 is 0.